The third-order valence-corrected chi connectivity index (χ3v) is 4.50. The summed E-state index contributed by atoms with van der Waals surface area (Å²) < 4.78 is 13.0. The molecule has 1 aliphatic rings. The average molecular weight is 411 g/mol. The number of allylic oxidation sites excluding steroid dienone is 1. The molecule has 0 bridgehead atoms. The van der Waals surface area contributed by atoms with Crippen LogP contribution in [-0.4, -0.2) is 43.4 Å². The van der Waals surface area contributed by atoms with Crippen molar-refractivity contribution in [2.45, 2.75) is 6.42 Å². The average Bonchev–Trinajstić information content (AvgIpc) is 2.67. The third kappa shape index (κ3) is 7.33. The molecule has 0 amide bonds. The van der Waals surface area contributed by atoms with Crippen LogP contribution >= 0.6 is 24.8 Å². The molecule has 0 radical (unpaired) electrons. The fourth-order valence-corrected chi connectivity index (χ4v) is 2.99. The van der Waals surface area contributed by atoms with Gasteiger partial charge >= 0.3 is 0 Å². The molecule has 3 rings (SSSR count). The van der Waals surface area contributed by atoms with E-state index < -0.39 is 0 Å². The Kier molecular flexibility index (Phi) is 10.1. The van der Waals surface area contributed by atoms with Crippen LogP contribution < -0.4 is 4.90 Å². The number of anilines is 1. The summed E-state index contributed by atoms with van der Waals surface area (Å²) >= 11 is 0. The van der Waals surface area contributed by atoms with Crippen molar-refractivity contribution in [3.05, 3.63) is 72.1 Å². The molecule has 1 aliphatic heterocycles. The molecule has 1 fully saturated rings. The van der Waals surface area contributed by atoms with Gasteiger partial charge in [-0.2, -0.15) is 0 Å². The van der Waals surface area contributed by atoms with Crippen molar-refractivity contribution in [3.63, 3.8) is 0 Å². The zero-order chi connectivity index (χ0) is 17.5. The van der Waals surface area contributed by atoms with E-state index in [1.807, 2.05) is 48.5 Å². The molecule has 6 heteroatoms. The van der Waals surface area contributed by atoms with Crippen LogP contribution in [0.1, 0.15) is 12.0 Å². The number of nitrogens with zero attached hydrogens (tertiary/aromatic N) is 2. The molecule has 1 saturated heterocycles. The number of halogens is 3. The van der Waals surface area contributed by atoms with E-state index in [1.165, 1.54) is 12.1 Å². The zero-order valence-electron chi connectivity index (χ0n) is 15.1. The largest absolute Gasteiger partial charge is 0.369 e. The second-order valence-corrected chi connectivity index (χ2v) is 6.27. The molecule has 3 nitrogen and oxygen atoms in total. The van der Waals surface area contributed by atoms with Crippen LogP contribution in [0.2, 0.25) is 0 Å². The first-order valence-electron chi connectivity index (χ1n) is 8.69. The lowest BCUT2D eigenvalue weighted by molar-refractivity contribution is -0.114. The number of benzene rings is 2. The zero-order valence-corrected chi connectivity index (χ0v) is 16.7. The van der Waals surface area contributed by atoms with E-state index in [0.717, 1.165) is 44.0 Å². The quantitative estimate of drug-likeness (QED) is 0.656. The van der Waals surface area contributed by atoms with Gasteiger partial charge in [0, 0.05) is 44.8 Å². The van der Waals surface area contributed by atoms with Crippen LogP contribution in [0, 0.1) is 5.82 Å². The Morgan fingerprint density at radius 1 is 0.926 bits per heavy atom. The minimum atomic E-state index is -0.204. The summed E-state index contributed by atoms with van der Waals surface area (Å²) in [6.45, 7) is 4.44. The molecule has 1 heterocycles. The standard InChI is InChI=1S/C21H23FN2O.2ClH/c22-19-7-9-20(10-8-19)24-16-14-23(15-17-24)13-12-21(25)11-6-18-4-2-1-3-5-18;;/h1-11H,12-17H2;2*1H/b11-6+;;. The van der Waals surface area contributed by atoms with Crippen molar-refractivity contribution in [3.8, 4) is 0 Å². The van der Waals surface area contributed by atoms with Gasteiger partial charge in [-0.05, 0) is 35.9 Å². The summed E-state index contributed by atoms with van der Waals surface area (Å²) in [6, 6.07) is 16.5. The Hall–Kier alpha value is -1.88. The van der Waals surface area contributed by atoms with Crippen molar-refractivity contribution in [1.29, 1.82) is 0 Å². The molecule has 27 heavy (non-hydrogen) atoms. The van der Waals surface area contributed by atoms with Crippen LogP contribution in [0.15, 0.2) is 60.7 Å². The lowest BCUT2D eigenvalue weighted by Gasteiger charge is -2.36. The molecule has 0 spiro atoms. The van der Waals surface area contributed by atoms with Crippen LogP contribution in [0.5, 0.6) is 0 Å². The van der Waals surface area contributed by atoms with Gasteiger partial charge < -0.3 is 4.90 Å². The highest BCUT2D eigenvalue weighted by molar-refractivity contribution is 5.93. The highest BCUT2D eigenvalue weighted by atomic mass is 35.5. The summed E-state index contributed by atoms with van der Waals surface area (Å²) in [5, 5.41) is 0. The van der Waals surface area contributed by atoms with Gasteiger partial charge in [0.05, 0.1) is 0 Å². The number of hydrogen-bond donors (Lipinski definition) is 0. The molecule has 2 aromatic carbocycles. The highest BCUT2D eigenvalue weighted by Crippen LogP contribution is 2.17. The number of carbonyl (C=O) groups excluding carboxylic acids is 1. The minimum absolute atomic E-state index is 0. The van der Waals surface area contributed by atoms with E-state index in [-0.39, 0.29) is 36.4 Å². The smallest absolute Gasteiger partial charge is 0.156 e. The van der Waals surface area contributed by atoms with Crippen LogP contribution in [0.4, 0.5) is 10.1 Å². The van der Waals surface area contributed by atoms with E-state index in [0.29, 0.717) is 6.42 Å². The minimum Gasteiger partial charge on any atom is -0.369 e. The summed E-state index contributed by atoms with van der Waals surface area (Å²) in [5.41, 5.74) is 2.10. The first kappa shape index (κ1) is 23.2. The second kappa shape index (κ2) is 11.8. The molecule has 2 aromatic rings. The van der Waals surface area contributed by atoms with Crippen molar-refractivity contribution < 1.29 is 9.18 Å². The van der Waals surface area contributed by atoms with E-state index in [4.69, 9.17) is 0 Å². The van der Waals surface area contributed by atoms with E-state index in [9.17, 15) is 9.18 Å². The Bertz CT molecular complexity index is 715. The molecule has 146 valence electrons. The third-order valence-electron chi connectivity index (χ3n) is 4.50. The van der Waals surface area contributed by atoms with Crippen molar-refractivity contribution in [1.82, 2.24) is 4.90 Å². The number of hydrogen-bond acceptors (Lipinski definition) is 3. The predicted octanol–water partition coefficient (Wildman–Crippen LogP) is 4.46. The Balaban J connectivity index is 0.00000182. The number of carbonyl (C=O) groups is 1. The normalized spacial score (nSPS) is 14.5. The summed E-state index contributed by atoms with van der Waals surface area (Å²) in [7, 11) is 0. The van der Waals surface area contributed by atoms with Gasteiger partial charge in [0.2, 0.25) is 0 Å². The van der Waals surface area contributed by atoms with E-state index >= 15 is 0 Å². The van der Waals surface area contributed by atoms with Gasteiger partial charge in [0.1, 0.15) is 5.82 Å². The van der Waals surface area contributed by atoms with Gasteiger partial charge in [0.25, 0.3) is 0 Å². The van der Waals surface area contributed by atoms with Crippen LogP contribution in [0.3, 0.4) is 0 Å². The molecule has 0 aromatic heterocycles. The molecule has 0 unspecified atom stereocenters. The predicted molar refractivity (Wildman–Crippen MR) is 115 cm³/mol. The van der Waals surface area contributed by atoms with E-state index in [1.54, 1.807) is 6.08 Å². The summed E-state index contributed by atoms with van der Waals surface area (Å²) in [6.07, 6.45) is 4.08. The molecule has 0 aliphatic carbocycles. The van der Waals surface area contributed by atoms with Gasteiger partial charge in [-0.1, -0.05) is 36.4 Å². The van der Waals surface area contributed by atoms with Gasteiger partial charge in [-0.3, -0.25) is 9.69 Å². The maximum atomic E-state index is 13.0. The van der Waals surface area contributed by atoms with Crippen molar-refractivity contribution in [2.24, 2.45) is 0 Å². The molecular weight excluding hydrogens is 386 g/mol. The first-order chi connectivity index (χ1) is 12.2. The van der Waals surface area contributed by atoms with Gasteiger partial charge in [0.15, 0.2) is 5.78 Å². The van der Waals surface area contributed by atoms with Crippen LogP contribution in [-0.2, 0) is 4.79 Å². The highest BCUT2D eigenvalue weighted by Gasteiger charge is 2.17. The topological polar surface area (TPSA) is 23.6 Å². The Morgan fingerprint density at radius 2 is 1.56 bits per heavy atom. The van der Waals surface area contributed by atoms with Gasteiger partial charge in [-0.25, -0.2) is 4.39 Å². The van der Waals surface area contributed by atoms with Crippen LogP contribution in [0.25, 0.3) is 6.08 Å². The maximum Gasteiger partial charge on any atom is 0.156 e. The number of rotatable bonds is 6. The summed E-state index contributed by atoms with van der Waals surface area (Å²) in [4.78, 5) is 16.6. The lowest BCUT2D eigenvalue weighted by atomic mass is 10.1. The maximum absolute atomic E-state index is 13.0. The summed E-state index contributed by atoms with van der Waals surface area (Å²) in [5.74, 6) is -0.0470. The first-order valence-corrected chi connectivity index (χ1v) is 8.69. The van der Waals surface area contributed by atoms with Gasteiger partial charge in [-0.15, -0.1) is 24.8 Å². The van der Waals surface area contributed by atoms with Crippen molar-refractivity contribution >= 4 is 42.4 Å². The number of ketones is 1. The fraction of sp³-hybridized carbons (Fsp3) is 0.286. The molecule has 0 atom stereocenters. The van der Waals surface area contributed by atoms with E-state index in [2.05, 4.69) is 9.80 Å². The molecular formula is C21H25Cl2FN2O. The van der Waals surface area contributed by atoms with Crippen molar-refractivity contribution in [2.75, 3.05) is 37.6 Å². The lowest BCUT2D eigenvalue weighted by Crippen LogP contribution is -2.46. The monoisotopic (exact) mass is 410 g/mol. The SMILES string of the molecule is Cl.Cl.O=C(/C=C/c1ccccc1)CCN1CCN(c2ccc(F)cc2)CC1. The second-order valence-electron chi connectivity index (χ2n) is 6.27. The fourth-order valence-electron chi connectivity index (χ4n) is 2.99. The Labute approximate surface area is 172 Å². The number of piperazine rings is 1. The Morgan fingerprint density at radius 3 is 2.19 bits per heavy atom. The molecule has 0 N–H and O–H groups in total. The molecule has 0 saturated carbocycles.